The fourth-order valence-corrected chi connectivity index (χ4v) is 4.36. The topological polar surface area (TPSA) is 55.6 Å². The SMILES string of the molecule is CC(C)(C)OC(=O)N1C[C@@H]2C[C@H]1C2C1(CN)CCC1. The highest BCUT2D eigenvalue weighted by Crippen LogP contribution is 2.61. The number of nitrogens with zero attached hydrogens (tertiary/aromatic N) is 1. The summed E-state index contributed by atoms with van der Waals surface area (Å²) in [5, 5.41) is 0. The highest BCUT2D eigenvalue weighted by molar-refractivity contribution is 5.70. The Morgan fingerprint density at radius 2 is 2.11 bits per heavy atom. The maximum Gasteiger partial charge on any atom is 0.410 e. The number of rotatable bonds is 2. The molecule has 2 bridgehead atoms. The van der Waals surface area contributed by atoms with Gasteiger partial charge in [0.1, 0.15) is 5.60 Å². The van der Waals surface area contributed by atoms with Crippen molar-refractivity contribution < 1.29 is 9.53 Å². The van der Waals surface area contributed by atoms with Gasteiger partial charge in [0.2, 0.25) is 0 Å². The van der Waals surface area contributed by atoms with E-state index in [0.29, 0.717) is 23.3 Å². The van der Waals surface area contributed by atoms with Gasteiger partial charge in [0.25, 0.3) is 0 Å². The van der Waals surface area contributed by atoms with Crippen LogP contribution in [-0.2, 0) is 4.74 Å². The Morgan fingerprint density at radius 3 is 2.58 bits per heavy atom. The lowest BCUT2D eigenvalue weighted by atomic mass is 9.51. The number of hydrogen-bond donors (Lipinski definition) is 1. The zero-order valence-corrected chi connectivity index (χ0v) is 12.3. The summed E-state index contributed by atoms with van der Waals surface area (Å²) in [6.07, 6.45) is 4.84. The molecule has 0 spiro atoms. The second kappa shape index (κ2) is 4.11. The number of hydrogen-bond acceptors (Lipinski definition) is 3. The van der Waals surface area contributed by atoms with Gasteiger partial charge in [-0.2, -0.15) is 0 Å². The minimum Gasteiger partial charge on any atom is -0.444 e. The molecule has 1 amide bonds. The van der Waals surface area contributed by atoms with Gasteiger partial charge in [0, 0.05) is 12.6 Å². The van der Waals surface area contributed by atoms with Gasteiger partial charge in [0.05, 0.1) is 0 Å². The molecule has 0 radical (unpaired) electrons. The van der Waals surface area contributed by atoms with Crippen LogP contribution < -0.4 is 5.73 Å². The van der Waals surface area contributed by atoms with E-state index in [-0.39, 0.29) is 6.09 Å². The monoisotopic (exact) mass is 266 g/mol. The van der Waals surface area contributed by atoms with Crippen molar-refractivity contribution in [2.24, 2.45) is 23.0 Å². The van der Waals surface area contributed by atoms with Gasteiger partial charge in [-0.25, -0.2) is 4.79 Å². The third-order valence-electron chi connectivity index (χ3n) is 5.39. The Morgan fingerprint density at radius 1 is 1.42 bits per heavy atom. The van der Waals surface area contributed by atoms with Gasteiger partial charge in [0.15, 0.2) is 0 Å². The largest absolute Gasteiger partial charge is 0.444 e. The Labute approximate surface area is 115 Å². The summed E-state index contributed by atoms with van der Waals surface area (Å²) in [5.41, 5.74) is 5.96. The minimum atomic E-state index is -0.401. The maximum absolute atomic E-state index is 12.2. The first-order chi connectivity index (χ1) is 8.86. The lowest BCUT2D eigenvalue weighted by molar-refractivity contribution is -0.0409. The molecule has 4 fully saturated rings. The first-order valence-electron chi connectivity index (χ1n) is 7.56. The third kappa shape index (κ3) is 1.95. The molecule has 0 aromatic carbocycles. The Balaban J connectivity index is 1.68. The van der Waals surface area contributed by atoms with Crippen LogP contribution >= 0.6 is 0 Å². The van der Waals surface area contributed by atoms with Gasteiger partial charge < -0.3 is 15.4 Å². The van der Waals surface area contributed by atoms with E-state index in [4.69, 9.17) is 10.5 Å². The average molecular weight is 266 g/mol. The van der Waals surface area contributed by atoms with E-state index < -0.39 is 5.60 Å². The first-order valence-corrected chi connectivity index (χ1v) is 7.56. The van der Waals surface area contributed by atoms with Crippen LogP contribution in [0.5, 0.6) is 0 Å². The molecular weight excluding hydrogens is 240 g/mol. The number of nitrogens with two attached hydrogens (primary N) is 1. The number of carbonyl (C=O) groups is 1. The average Bonchev–Trinajstić information content (AvgIpc) is 2.78. The Bertz CT molecular complexity index is 379. The predicted octanol–water partition coefficient (Wildman–Crippen LogP) is 2.37. The summed E-state index contributed by atoms with van der Waals surface area (Å²) in [6.45, 7) is 7.45. The standard InChI is InChI=1S/C15H26N2O2/c1-14(2,3)19-13(18)17-8-10-7-11(17)12(10)15(9-16)5-4-6-15/h10-12H,4-9,16H2,1-3H3/t10-,11-,12?/m0/s1. The summed E-state index contributed by atoms with van der Waals surface area (Å²) in [4.78, 5) is 14.2. The van der Waals surface area contributed by atoms with Crippen molar-refractivity contribution in [1.29, 1.82) is 0 Å². The highest BCUT2D eigenvalue weighted by atomic mass is 16.6. The van der Waals surface area contributed by atoms with Crippen molar-refractivity contribution in [3.63, 3.8) is 0 Å². The van der Waals surface area contributed by atoms with Gasteiger partial charge in [-0.1, -0.05) is 6.42 Å². The molecule has 0 aromatic heterocycles. The normalized spacial score (nSPS) is 35.6. The van der Waals surface area contributed by atoms with E-state index in [0.717, 1.165) is 19.5 Å². The molecule has 2 aliphatic heterocycles. The molecule has 19 heavy (non-hydrogen) atoms. The molecule has 0 aromatic rings. The van der Waals surface area contributed by atoms with E-state index in [1.165, 1.54) is 19.3 Å². The van der Waals surface area contributed by atoms with Crippen LogP contribution in [0.25, 0.3) is 0 Å². The zero-order valence-electron chi connectivity index (χ0n) is 12.3. The molecule has 4 rings (SSSR count). The van der Waals surface area contributed by atoms with Crippen LogP contribution in [-0.4, -0.2) is 35.7 Å². The van der Waals surface area contributed by atoms with Gasteiger partial charge in [-0.15, -0.1) is 0 Å². The van der Waals surface area contributed by atoms with E-state index in [2.05, 4.69) is 0 Å². The Hall–Kier alpha value is -0.770. The molecule has 108 valence electrons. The van der Waals surface area contributed by atoms with Crippen molar-refractivity contribution in [1.82, 2.24) is 4.90 Å². The highest BCUT2D eigenvalue weighted by Gasteiger charge is 2.62. The molecule has 2 saturated carbocycles. The van der Waals surface area contributed by atoms with Gasteiger partial charge >= 0.3 is 6.09 Å². The lowest BCUT2D eigenvalue weighted by Crippen LogP contribution is -2.56. The van der Waals surface area contributed by atoms with Crippen molar-refractivity contribution >= 4 is 6.09 Å². The molecular formula is C15H26N2O2. The number of amides is 1. The Kier molecular flexibility index (Phi) is 2.86. The van der Waals surface area contributed by atoms with Crippen molar-refractivity contribution in [3.05, 3.63) is 0 Å². The van der Waals surface area contributed by atoms with Gasteiger partial charge in [-0.3, -0.25) is 0 Å². The molecule has 2 aliphatic carbocycles. The minimum absolute atomic E-state index is 0.131. The molecule has 4 heteroatoms. The fourth-order valence-electron chi connectivity index (χ4n) is 4.36. The molecule has 2 saturated heterocycles. The summed E-state index contributed by atoms with van der Waals surface area (Å²) in [6, 6.07) is 0.392. The third-order valence-corrected chi connectivity index (χ3v) is 5.39. The van der Waals surface area contributed by atoms with E-state index in [1.54, 1.807) is 0 Å². The molecule has 4 nitrogen and oxygen atoms in total. The van der Waals surface area contributed by atoms with E-state index >= 15 is 0 Å². The molecule has 4 aliphatic rings. The van der Waals surface area contributed by atoms with Crippen molar-refractivity contribution in [3.8, 4) is 0 Å². The first kappa shape index (κ1) is 13.2. The van der Waals surface area contributed by atoms with E-state index in [1.807, 2.05) is 25.7 Å². The van der Waals surface area contributed by atoms with Crippen LogP contribution in [0.4, 0.5) is 4.79 Å². The quantitative estimate of drug-likeness (QED) is 0.835. The summed E-state index contributed by atoms with van der Waals surface area (Å²) >= 11 is 0. The molecule has 2 heterocycles. The fraction of sp³-hybridized carbons (Fsp3) is 0.933. The van der Waals surface area contributed by atoms with Crippen LogP contribution in [0.1, 0.15) is 46.5 Å². The number of carbonyl (C=O) groups excluding carboxylic acids is 1. The lowest BCUT2D eigenvalue weighted by Gasteiger charge is -2.55. The van der Waals surface area contributed by atoms with Crippen LogP contribution in [0.2, 0.25) is 0 Å². The van der Waals surface area contributed by atoms with Crippen molar-refractivity contribution in [2.75, 3.05) is 13.1 Å². The summed E-state index contributed by atoms with van der Waals surface area (Å²) in [5.74, 6) is 1.31. The molecule has 3 atom stereocenters. The predicted molar refractivity (Wildman–Crippen MR) is 73.7 cm³/mol. The van der Waals surface area contributed by atoms with Crippen LogP contribution in [0, 0.1) is 17.3 Å². The maximum atomic E-state index is 12.2. The smallest absolute Gasteiger partial charge is 0.410 e. The number of fused-ring (bicyclic) bond motifs is 1. The molecule has 1 unspecified atom stereocenters. The van der Waals surface area contributed by atoms with Crippen molar-refractivity contribution in [2.45, 2.75) is 58.1 Å². The van der Waals surface area contributed by atoms with Crippen LogP contribution in [0.3, 0.4) is 0 Å². The summed E-state index contributed by atoms with van der Waals surface area (Å²) < 4.78 is 5.52. The second-order valence-corrected chi connectivity index (χ2v) is 7.64. The second-order valence-electron chi connectivity index (χ2n) is 7.64. The van der Waals surface area contributed by atoms with E-state index in [9.17, 15) is 4.79 Å². The number of ether oxygens (including phenoxy) is 1. The molecule has 2 N–H and O–H groups in total. The zero-order chi connectivity index (χ0) is 13.8. The van der Waals surface area contributed by atoms with Crippen LogP contribution in [0.15, 0.2) is 0 Å². The summed E-state index contributed by atoms with van der Waals surface area (Å²) in [7, 11) is 0. The van der Waals surface area contributed by atoms with Gasteiger partial charge in [-0.05, 0) is 63.8 Å².